The van der Waals surface area contributed by atoms with Gasteiger partial charge in [-0.2, -0.15) is 0 Å². The van der Waals surface area contributed by atoms with E-state index in [0.717, 1.165) is 34.7 Å². The first-order valence-electron chi connectivity index (χ1n) is 10.5. The molecular formula is C21H33N5O2S. The summed E-state index contributed by atoms with van der Waals surface area (Å²) in [5.41, 5.74) is 6.96. The van der Waals surface area contributed by atoms with Crippen LogP contribution in [0.5, 0.6) is 0 Å². The van der Waals surface area contributed by atoms with Gasteiger partial charge in [0.15, 0.2) is 0 Å². The second kappa shape index (κ2) is 9.82. The number of thiophene rings is 1. The van der Waals surface area contributed by atoms with E-state index in [4.69, 9.17) is 10.8 Å². The quantitative estimate of drug-likeness (QED) is 0.791. The lowest BCUT2D eigenvalue weighted by atomic mass is 9.95. The highest BCUT2D eigenvalue weighted by atomic mass is 32.1. The smallest absolute Gasteiger partial charge is 0.230 e. The van der Waals surface area contributed by atoms with Crippen molar-refractivity contribution in [2.45, 2.75) is 56.9 Å². The van der Waals surface area contributed by atoms with Gasteiger partial charge in [-0.3, -0.25) is 4.79 Å². The molecule has 2 aliphatic rings. The third kappa shape index (κ3) is 4.87. The van der Waals surface area contributed by atoms with Gasteiger partial charge in [-0.25, -0.2) is 9.97 Å². The Hall–Kier alpha value is -1.77. The van der Waals surface area contributed by atoms with E-state index in [0.29, 0.717) is 12.4 Å². The molecule has 2 aliphatic carbocycles. The largest absolute Gasteiger partial charge is 0.395 e. The van der Waals surface area contributed by atoms with Crippen molar-refractivity contribution in [3.05, 3.63) is 16.8 Å². The number of amides is 1. The first kappa shape index (κ1) is 21.9. The van der Waals surface area contributed by atoms with Crippen LogP contribution in [0.25, 0.3) is 10.2 Å². The SMILES string of the molecule is CN(C)C1CCCCC1.CN(CCO)C(=O)C1CCc2sc3ncnc(N)c3c21. The summed E-state index contributed by atoms with van der Waals surface area (Å²) in [7, 11) is 6.09. The van der Waals surface area contributed by atoms with E-state index in [1.807, 2.05) is 0 Å². The van der Waals surface area contributed by atoms with Crippen LogP contribution in [0.4, 0.5) is 5.82 Å². The van der Waals surface area contributed by atoms with Crippen molar-refractivity contribution in [1.82, 2.24) is 19.8 Å². The maximum Gasteiger partial charge on any atom is 0.230 e. The minimum atomic E-state index is -0.191. The molecule has 0 aliphatic heterocycles. The second-order valence-corrected chi connectivity index (χ2v) is 9.29. The third-order valence-electron chi connectivity index (χ3n) is 6.05. The lowest BCUT2D eigenvalue weighted by Gasteiger charge is -2.27. The van der Waals surface area contributed by atoms with E-state index in [1.54, 1.807) is 23.3 Å². The average molecular weight is 420 g/mol. The zero-order valence-corrected chi connectivity index (χ0v) is 18.5. The summed E-state index contributed by atoms with van der Waals surface area (Å²) in [6.45, 7) is 0.316. The summed E-state index contributed by atoms with van der Waals surface area (Å²) in [5, 5.41) is 9.80. The molecule has 1 unspecified atom stereocenters. The van der Waals surface area contributed by atoms with Gasteiger partial charge in [-0.05, 0) is 45.3 Å². The number of likely N-dealkylation sites (N-methyl/N-ethyl adjacent to an activating group) is 1. The van der Waals surface area contributed by atoms with E-state index in [9.17, 15) is 4.79 Å². The van der Waals surface area contributed by atoms with Crippen LogP contribution >= 0.6 is 11.3 Å². The number of carbonyl (C=O) groups excluding carboxylic acids is 1. The van der Waals surface area contributed by atoms with Crippen molar-refractivity contribution >= 4 is 33.3 Å². The summed E-state index contributed by atoms with van der Waals surface area (Å²) in [5.74, 6) is 0.279. The lowest BCUT2D eigenvalue weighted by Crippen LogP contribution is -2.33. The monoisotopic (exact) mass is 419 g/mol. The minimum Gasteiger partial charge on any atom is -0.395 e. The standard InChI is InChI=1S/C13H16N4O2S.C8H17N/c1-17(4-5-18)13(19)7-2-3-8-9(7)10-11(14)15-6-16-12(10)20-8;1-9(2)8-6-4-3-5-7-8/h6-7,18H,2-5H2,1H3,(H2,14,15,16);8H,3-7H2,1-2H3. The molecule has 0 aromatic carbocycles. The summed E-state index contributed by atoms with van der Waals surface area (Å²) in [4.78, 5) is 26.7. The van der Waals surface area contributed by atoms with Crippen LogP contribution in [0.1, 0.15) is 54.9 Å². The number of rotatable bonds is 4. The topological polar surface area (TPSA) is 95.6 Å². The molecule has 2 heterocycles. The number of anilines is 1. The van der Waals surface area contributed by atoms with Crippen molar-refractivity contribution in [3.63, 3.8) is 0 Å². The van der Waals surface area contributed by atoms with Gasteiger partial charge in [0.2, 0.25) is 5.91 Å². The van der Waals surface area contributed by atoms with E-state index in [1.165, 1.54) is 43.3 Å². The van der Waals surface area contributed by atoms with Gasteiger partial charge in [0.25, 0.3) is 0 Å². The number of aromatic nitrogens is 2. The number of hydrogen-bond acceptors (Lipinski definition) is 7. The molecule has 4 rings (SSSR count). The molecule has 1 amide bonds. The minimum absolute atomic E-state index is 0.0285. The fraction of sp³-hybridized carbons (Fsp3) is 0.667. The first-order valence-corrected chi connectivity index (χ1v) is 11.3. The van der Waals surface area contributed by atoms with Crippen molar-refractivity contribution in [2.24, 2.45) is 0 Å². The van der Waals surface area contributed by atoms with E-state index < -0.39 is 0 Å². The van der Waals surface area contributed by atoms with E-state index in [-0.39, 0.29) is 18.4 Å². The number of aliphatic hydroxyl groups excluding tert-OH is 1. The van der Waals surface area contributed by atoms with E-state index in [2.05, 4.69) is 29.0 Å². The van der Waals surface area contributed by atoms with Gasteiger partial charge in [-0.1, -0.05) is 19.3 Å². The second-order valence-electron chi connectivity index (χ2n) is 8.21. The van der Waals surface area contributed by atoms with Crippen LogP contribution in [0.3, 0.4) is 0 Å². The molecule has 1 saturated carbocycles. The Balaban J connectivity index is 0.000000224. The van der Waals surface area contributed by atoms with Crippen LogP contribution in [-0.2, 0) is 11.2 Å². The Labute approximate surface area is 176 Å². The number of nitrogen functional groups attached to an aromatic ring is 1. The predicted octanol–water partition coefficient (Wildman–Crippen LogP) is 2.63. The highest BCUT2D eigenvalue weighted by Gasteiger charge is 2.35. The Morgan fingerprint density at radius 3 is 2.55 bits per heavy atom. The number of hydrogen-bond donors (Lipinski definition) is 2. The highest BCUT2D eigenvalue weighted by Crippen LogP contribution is 2.45. The molecule has 0 bridgehead atoms. The number of nitrogens with zero attached hydrogens (tertiary/aromatic N) is 4. The molecule has 3 N–H and O–H groups in total. The fourth-order valence-electron chi connectivity index (χ4n) is 4.37. The van der Waals surface area contributed by atoms with Crippen LogP contribution in [0, 0.1) is 0 Å². The number of carbonyl (C=O) groups is 1. The summed E-state index contributed by atoms with van der Waals surface area (Å²) in [6.07, 6.45) is 10.3. The molecule has 160 valence electrons. The zero-order chi connectivity index (χ0) is 21.0. The number of nitrogens with two attached hydrogens (primary N) is 1. The summed E-state index contributed by atoms with van der Waals surface area (Å²) in [6, 6.07) is 0.888. The zero-order valence-electron chi connectivity index (χ0n) is 17.7. The molecule has 0 saturated heterocycles. The number of fused-ring (bicyclic) bond motifs is 3. The molecule has 0 radical (unpaired) electrons. The van der Waals surface area contributed by atoms with Crippen LogP contribution in [0.15, 0.2) is 6.33 Å². The van der Waals surface area contributed by atoms with Crippen molar-refractivity contribution in [3.8, 4) is 0 Å². The van der Waals surface area contributed by atoms with Gasteiger partial charge < -0.3 is 20.6 Å². The normalized spacial score (nSPS) is 19.1. The maximum atomic E-state index is 12.5. The Morgan fingerprint density at radius 1 is 1.21 bits per heavy atom. The van der Waals surface area contributed by atoms with Crippen molar-refractivity contribution < 1.29 is 9.90 Å². The molecule has 7 nitrogen and oxygen atoms in total. The van der Waals surface area contributed by atoms with Gasteiger partial charge in [0.05, 0.1) is 17.9 Å². The van der Waals surface area contributed by atoms with Crippen molar-refractivity contribution in [2.75, 3.05) is 40.0 Å². The van der Waals surface area contributed by atoms with Crippen LogP contribution in [0.2, 0.25) is 0 Å². The average Bonchev–Trinajstić information content (AvgIpc) is 3.28. The van der Waals surface area contributed by atoms with Crippen LogP contribution < -0.4 is 5.73 Å². The predicted molar refractivity (Wildman–Crippen MR) is 118 cm³/mol. The molecule has 1 atom stereocenters. The fourth-order valence-corrected chi connectivity index (χ4v) is 5.59. The molecule has 2 aromatic rings. The van der Waals surface area contributed by atoms with Gasteiger partial charge in [-0.15, -0.1) is 11.3 Å². The lowest BCUT2D eigenvalue weighted by molar-refractivity contribution is -0.131. The Bertz CT molecular complexity index is 832. The van der Waals surface area contributed by atoms with Crippen LogP contribution in [-0.4, -0.2) is 71.1 Å². The Kier molecular flexibility index (Phi) is 7.43. The van der Waals surface area contributed by atoms with Crippen molar-refractivity contribution in [1.29, 1.82) is 0 Å². The van der Waals surface area contributed by atoms with Gasteiger partial charge >= 0.3 is 0 Å². The van der Waals surface area contributed by atoms with E-state index >= 15 is 0 Å². The number of aryl methyl sites for hydroxylation is 1. The third-order valence-corrected chi connectivity index (χ3v) is 7.23. The van der Waals surface area contributed by atoms with Gasteiger partial charge in [0, 0.05) is 24.5 Å². The molecule has 1 fully saturated rings. The first-order chi connectivity index (χ1) is 13.9. The molecule has 29 heavy (non-hydrogen) atoms. The summed E-state index contributed by atoms with van der Waals surface area (Å²) < 4.78 is 0. The molecule has 2 aromatic heterocycles. The van der Waals surface area contributed by atoms with Gasteiger partial charge in [0.1, 0.15) is 17.0 Å². The summed E-state index contributed by atoms with van der Waals surface area (Å²) >= 11 is 1.60. The maximum absolute atomic E-state index is 12.5. The Morgan fingerprint density at radius 2 is 1.93 bits per heavy atom. The molecule has 8 heteroatoms. The molecule has 0 spiro atoms. The highest BCUT2D eigenvalue weighted by molar-refractivity contribution is 7.19. The molecular weight excluding hydrogens is 386 g/mol. The number of aliphatic hydroxyl groups is 1.